The van der Waals surface area contributed by atoms with E-state index in [-0.39, 0.29) is 5.56 Å². The van der Waals surface area contributed by atoms with Crippen molar-refractivity contribution in [3.8, 4) is 0 Å². The molecule has 2 N–H and O–H groups in total. The lowest BCUT2D eigenvalue weighted by Crippen LogP contribution is -2.36. The number of benzene rings is 2. The molecular formula is C25H30FN5O. The van der Waals surface area contributed by atoms with E-state index in [0.29, 0.717) is 24.8 Å². The molecule has 2 aromatic carbocycles. The van der Waals surface area contributed by atoms with Gasteiger partial charge in [0.15, 0.2) is 0 Å². The number of anilines is 1. The lowest BCUT2D eigenvalue weighted by molar-refractivity contribution is 0.0976. The molecule has 7 heteroatoms. The van der Waals surface area contributed by atoms with Crippen LogP contribution in [0.1, 0.15) is 52.6 Å². The zero-order valence-electron chi connectivity index (χ0n) is 19.2. The minimum atomic E-state index is -0.462. The number of hydrogen-bond donors (Lipinski definition) is 2. The average Bonchev–Trinajstić information content (AvgIpc) is 3.00. The SMILES string of the molecule is Cc1nn(C)c(C)c1CCN=C(NC(=O)c1cccc(F)c1)Nc1ccc(C(C)C)cc1. The van der Waals surface area contributed by atoms with Crippen molar-refractivity contribution in [2.45, 2.75) is 40.0 Å². The van der Waals surface area contributed by atoms with Crippen molar-refractivity contribution in [1.29, 1.82) is 0 Å². The van der Waals surface area contributed by atoms with E-state index in [1.165, 1.54) is 23.8 Å². The highest BCUT2D eigenvalue weighted by atomic mass is 19.1. The maximum atomic E-state index is 13.5. The predicted molar refractivity (Wildman–Crippen MR) is 127 cm³/mol. The lowest BCUT2D eigenvalue weighted by atomic mass is 10.0. The number of carbonyl (C=O) groups excluding carboxylic acids is 1. The highest BCUT2D eigenvalue weighted by molar-refractivity contribution is 6.09. The van der Waals surface area contributed by atoms with Crippen LogP contribution in [-0.2, 0) is 13.5 Å². The molecule has 0 saturated heterocycles. The molecule has 0 radical (unpaired) electrons. The van der Waals surface area contributed by atoms with Crippen LogP contribution in [0.5, 0.6) is 0 Å². The molecule has 0 unspecified atom stereocenters. The first kappa shape index (κ1) is 23.2. The summed E-state index contributed by atoms with van der Waals surface area (Å²) in [6.45, 7) is 8.74. The van der Waals surface area contributed by atoms with Crippen LogP contribution in [0.15, 0.2) is 53.5 Å². The van der Waals surface area contributed by atoms with E-state index in [1.807, 2.05) is 49.8 Å². The van der Waals surface area contributed by atoms with Gasteiger partial charge in [-0.25, -0.2) is 4.39 Å². The van der Waals surface area contributed by atoms with Gasteiger partial charge in [0.05, 0.1) is 5.69 Å². The Morgan fingerprint density at radius 2 is 1.88 bits per heavy atom. The Morgan fingerprint density at radius 3 is 2.47 bits per heavy atom. The molecule has 3 aromatic rings. The first-order valence-electron chi connectivity index (χ1n) is 10.7. The fourth-order valence-corrected chi connectivity index (χ4v) is 3.47. The van der Waals surface area contributed by atoms with Crippen molar-refractivity contribution in [1.82, 2.24) is 15.1 Å². The summed E-state index contributed by atoms with van der Waals surface area (Å²) in [5, 5.41) is 10.4. The van der Waals surface area contributed by atoms with Crippen LogP contribution in [-0.4, -0.2) is 28.2 Å². The minimum absolute atomic E-state index is 0.230. The van der Waals surface area contributed by atoms with Gasteiger partial charge in [-0.1, -0.05) is 32.0 Å². The molecule has 0 aliphatic rings. The van der Waals surface area contributed by atoms with Crippen LogP contribution in [0.2, 0.25) is 0 Å². The van der Waals surface area contributed by atoms with Gasteiger partial charge < -0.3 is 5.32 Å². The van der Waals surface area contributed by atoms with E-state index in [9.17, 15) is 9.18 Å². The number of rotatable bonds is 6. The molecular weight excluding hydrogens is 405 g/mol. The van der Waals surface area contributed by atoms with Gasteiger partial charge in [-0.3, -0.25) is 19.8 Å². The van der Waals surface area contributed by atoms with Crippen LogP contribution in [0, 0.1) is 19.7 Å². The van der Waals surface area contributed by atoms with E-state index in [0.717, 1.165) is 22.6 Å². The molecule has 0 aliphatic carbocycles. The molecule has 1 heterocycles. The number of amides is 1. The number of halogens is 1. The summed E-state index contributed by atoms with van der Waals surface area (Å²) in [6.07, 6.45) is 0.693. The Kier molecular flexibility index (Phi) is 7.41. The standard InChI is InChI=1S/C25H30FN5O/c1-16(2)19-9-11-22(12-10-19)28-25(29-24(32)20-7-6-8-21(26)15-20)27-14-13-23-17(3)30-31(5)18(23)4/h6-12,15-16H,13-14H2,1-5H3,(H2,27,28,29,32). The summed E-state index contributed by atoms with van der Waals surface area (Å²) < 4.78 is 15.4. The van der Waals surface area contributed by atoms with Crippen molar-refractivity contribution >= 4 is 17.6 Å². The van der Waals surface area contributed by atoms with Gasteiger partial charge in [-0.2, -0.15) is 5.10 Å². The summed E-state index contributed by atoms with van der Waals surface area (Å²) >= 11 is 0. The Morgan fingerprint density at radius 1 is 1.16 bits per heavy atom. The second-order valence-corrected chi connectivity index (χ2v) is 8.12. The second kappa shape index (κ2) is 10.2. The number of nitrogens with one attached hydrogen (secondary N) is 2. The zero-order chi connectivity index (χ0) is 23.3. The highest BCUT2D eigenvalue weighted by Gasteiger charge is 2.12. The number of carbonyl (C=O) groups is 1. The largest absolute Gasteiger partial charge is 0.326 e. The molecule has 0 atom stereocenters. The van der Waals surface area contributed by atoms with Gasteiger partial charge in [0.25, 0.3) is 5.91 Å². The third-order valence-corrected chi connectivity index (χ3v) is 5.45. The van der Waals surface area contributed by atoms with Gasteiger partial charge in [0, 0.05) is 30.5 Å². The Hall–Kier alpha value is -3.48. The maximum absolute atomic E-state index is 13.5. The number of nitrogens with zero attached hydrogens (tertiary/aromatic N) is 3. The van der Waals surface area contributed by atoms with Crippen molar-refractivity contribution < 1.29 is 9.18 Å². The third-order valence-electron chi connectivity index (χ3n) is 5.45. The van der Waals surface area contributed by atoms with Crippen LogP contribution in [0.4, 0.5) is 10.1 Å². The summed E-state index contributed by atoms with van der Waals surface area (Å²) in [7, 11) is 1.92. The number of aromatic nitrogens is 2. The number of guanidine groups is 1. The molecule has 32 heavy (non-hydrogen) atoms. The highest BCUT2D eigenvalue weighted by Crippen LogP contribution is 2.17. The molecule has 0 saturated carbocycles. The Labute approximate surface area is 188 Å². The number of hydrogen-bond acceptors (Lipinski definition) is 3. The monoisotopic (exact) mass is 435 g/mol. The quantitative estimate of drug-likeness (QED) is 0.434. The Bertz CT molecular complexity index is 1120. The molecule has 1 amide bonds. The number of aryl methyl sites for hydroxylation is 2. The number of aliphatic imine (C=N–C) groups is 1. The molecule has 0 bridgehead atoms. The average molecular weight is 436 g/mol. The minimum Gasteiger partial charge on any atom is -0.326 e. The lowest BCUT2D eigenvalue weighted by Gasteiger charge is -2.13. The van der Waals surface area contributed by atoms with E-state index >= 15 is 0 Å². The maximum Gasteiger partial charge on any atom is 0.258 e. The summed E-state index contributed by atoms with van der Waals surface area (Å²) in [6, 6.07) is 13.6. The van der Waals surface area contributed by atoms with Crippen LogP contribution < -0.4 is 10.6 Å². The smallest absolute Gasteiger partial charge is 0.258 e. The molecule has 0 spiro atoms. The van der Waals surface area contributed by atoms with Gasteiger partial charge in [0.1, 0.15) is 5.82 Å². The van der Waals surface area contributed by atoms with Gasteiger partial charge in [-0.05, 0) is 67.6 Å². The topological polar surface area (TPSA) is 71.3 Å². The van der Waals surface area contributed by atoms with Gasteiger partial charge in [-0.15, -0.1) is 0 Å². The van der Waals surface area contributed by atoms with Crippen molar-refractivity contribution in [2.75, 3.05) is 11.9 Å². The first-order chi connectivity index (χ1) is 15.2. The van der Waals surface area contributed by atoms with Crippen LogP contribution >= 0.6 is 0 Å². The molecule has 1 aromatic heterocycles. The van der Waals surface area contributed by atoms with E-state index in [4.69, 9.17) is 0 Å². The molecule has 3 rings (SSSR count). The Balaban J connectivity index is 1.79. The summed E-state index contributed by atoms with van der Waals surface area (Å²) in [5.74, 6) is -0.147. The normalized spacial score (nSPS) is 11.7. The van der Waals surface area contributed by atoms with E-state index in [2.05, 4.69) is 34.6 Å². The van der Waals surface area contributed by atoms with E-state index in [1.54, 1.807) is 6.07 Å². The molecule has 0 aliphatic heterocycles. The van der Waals surface area contributed by atoms with Crippen LogP contribution in [0.3, 0.4) is 0 Å². The first-order valence-corrected chi connectivity index (χ1v) is 10.7. The van der Waals surface area contributed by atoms with Gasteiger partial charge >= 0.3 is 0 Å². The fourth-order valence-electron chi connectivity index (χ4n) is 3.47. The third kappa shape index (κ3) is 5.81. The molecule has 6 nitrogen and oxygen atoms in total. The van der Waals surface area contributed by atoms with Gasteiger partial charge in [0.2, 0.25) is 5.96 Å². The molecule has 0 fully saturated rings. The summed E-state index contributed by atoms with van der Waals surface area (Å²) in [4.78, 5) is 17.3. The van der Waals surface area contributed by atoms with Crippen molar-refractivity contribution in [3.63, 3.8) is 0 Å². The summed E-state index contributed by atoms with van der Waals surface area (Å²) in [5.41, 5.74) is 5.48. The zero-order valence-corrected chi connectivity index (χ0v) is 19.2. The van der Waals surface area contributed by atoms with Crippen molar-refractivity contribution in [2.24, 2.45) is 12.0 Å². The van der Waals surface area contributed by atoms with Crippen molar-refractivity contribution in [3.05, 3.63) is 82.4 Å². The second-order valence-electron chi connectivity index (χ2n) is 8.12. The van der Waals surface area contributed by atoms with E-state index < -0.39 is 11.7 Å². The fraction of sp³-hybridized carbons (Fsp3) is 0.320. The molecule has 168 valence electrons. The van der Waals surface area contributed by atoms with Crippen LogP contribution in [0.25, 0.3) is 0 Å². The predicted octanol–water partition coefficient (Wildman–Crippen LogP) is 4.74.